The number of nitrogens with one attached hydrogen (secondary N) is 1. The summed E-state index contributed by atoms with van der Waals surface area (Å²) in [5.74, 6) is -0.457. The van der Waals surface area contributed by atoms with Crippen molar-refractivity contribution in [1.29, 1.82) is 0 Å². The minimum atomic E-state index is -0.812. The van der Waals surface area contributed by atoms with Crippen molar-refractivity contribution < 1.29 is 14.7 Å². The fourth-order valence-electron chi connectivity index (χ4n) is 2.25. The van der Waals surface area contributed by atoms with Crippen molar-refractivity contribution in [2.45, 2.75) is 33.1 Å². The van der Waals surface area contributed by atoms with Crippen molar-refractivity contribution in [3.05, 3.63) is 35.9 Å². The van der Waals surface area contributed by atoms with Gasteiger partial charge in [0.15, 0.2) is 0 Å². The molecule has 0 aliphatic rings. The van der Waals surface area contributed by atoms with Gasteiger partial charge in [-0.3, -0.25) is 9.59 Å². The summed E-state index contributed by atoms with van der Waals surface area (Å²) in [6.07, 6.45) is 1.24. The molecule has 0 fully saturated rings. The van der Waals surface area contributed by atoms with Gasteiger partial charge in [-0.1, -0.05) is 44.2 Å². The van der Waals surface area contributed by atoms with Gasteiger partial charge in [0.25, 0.3) is 0 Å². The summed E-state index contributed by atoms with van der Waals surface area (Å²) in [5.41, 5.74) is 0.962. The Morgan fingerprint density at radius 3 is 2.40 bits per heavy atom. The Labute approximate surface area is 120 Å². The van der Waals surface area contributed by atoms with Crippen LogP contribution < -0.4 is 5.32 Å². The maximum atomic E-state index is 11.8. The van der Waals surface area contributed by atoms with E-state index in [1.165, 1.54) is 0 Å². The fraction of sp³-hybridized carbons (Fsp3) is 0.500. The zero-order valence-electron chi connectivity index (χ0n) is 12.1. The molecule has 0 saturated heterocycles. The molecule has 0 aliphatic heterocycles. The Hall–Kier alpha value is -1.84. The van der Waals surface area contributed by atoms with E-state index in [0.717, 1.165) is 12.0 Å². The number of carboxylic acids is 1. The lowest BCUT2D eigenvalue weighted by molar-refractivity contribution is -0.138. The molecule has 110 valence electrons. The lowest BCUT2D eigenvalue weighted by Gasteiger charge is -2.17. The van der Waals surface area contributed by atoms with Gasteiger partial charge in [0.2, 0.25) is 5.91 Å². The van der Waals surface area contributed by atoms with E-state index in [0.29, 0.717) is 18.9 Å². The van der Waals surface area contributed by atoms with Gasteiger partial charge in [0, 0.05) is 13.0 Å². The van der Waals surface area contributed by atoms with Gasteiger partial charge in [-0.2, -0.15) is 0 Å². The number of carbonyl (C=O) groups excluding carboxylic acids is 1. The Balaban J connectivity index is 2.41. The number of carboxylic acid groups (broad SMARTS) is 1. The molecule has 1 rings (SSSR count). The zero-order chi connectivity index (χ0) is 15.0. The summed E-state index contributed by atoms with van der Waals surface area (Å²) in [5, 5.41) is 11.7. The summed E-state index contributed by atoms with van der Waals surface area (Å²) >= 11 is 0. The first kappa shape index (κ1) is 16.2. The molecule has 2 N–H and O–H groups in total. The number of rotatable bonds is 8. The molecule has 0 radical (unpaired) electrons. The van der Waals surface area contributed by atoms with Crippen LogP contribution in [0.25, 0.3) is 0 Å². The van der Waals surface area contributed by atoms with E-state index >= 15 is 0 Å². The summed E-state index contributed by atoms with van der Waals surface area (Å²) in [4.78, 5) is 22.6. The Morgan fingerprint density at radius 1 is 1.20 bits per heavy atom. The average Bonchev–Trinajstić information content (AvgIpc) is 2.36. The molecule has 0 unspecified atom stereocenters. The van der Waals surface area contributed by atoms with Crippen LogP contribution in [0.5, 0.6) is 0 Å². The molecule has 0 aromatic heterocycles. The van der Waals surface area contributed by atoms with Gasteiger partial charge in [-0.25, -0.2) is 0 Å². The number of hydrogen-bond donors (Lipinski definition) is 2. The van der Waals surface area contributed by atoms with Crippen molar-refractivity contribution in [1.82, 2.24) is 5.32 Å². The van der Waals surface area contributed by atoms with Crippen LogP contribution in [0.15, 0.2) is 30.3 Å². The van der Waals surface area contributed by atoms with Crippen LogP contribution in [-0.4, -0.2) is 23.5 Å². The molecule has 1 aromatic carbocycles. The number of aliphatic carboxylic acids is 1. The van der Waals surface area contributed by atoms with Crippen molar-refractivity contribution >= 4 is 11.9 Å². The van der Waals surface area contributed by atoms with Crippen LogP contribution in [0.2, 0.25) is 0 Å². The largest absolute Gasteiger partial charge is 0.481 e. The van der Waals surface area contributed by atoms with Crippen LogP contribution in [0.4, 0.5) is 0 Å². The smallest absolute Gasteiger partial charge is 0.303 e. The quantitative estimate of drug-likeness (QED) is 0.767. The van der Waals surface area contributed by atoms with Gasteiger partial charge >= 0.3 is 5.97 Å². The third kappa shape index (κ3) is 6.92. The molecular weight excluding hydrogens is 254 g/mol. The van der Waals surface area contributed by atoms with E-state index in [1.54, 1.807) is 0 Å². The van der Waals surface area contributed by atoms with E-state index in [9.17, 15) is 9.59 Å². The second-order valence-corrected chi connectivity index (χ2v) is 5.56. The van der Waals surface area contributed by atoms with Gasteiger partial charge in [0.05, 0.1) is 6.42 Å². The van der Waals surface area contributed by atoms with Gasteiger partial charge in [-0.05, 0) is 23.8 Å². The van der Waals surface area contributed by atoms with E-state index in [4.69, 9.17) is 5.11 Å². The highest BCUT2D eigenvalue weighted by Crippen LogP contribution is 2.14. The second-order valence-electron chi connectivity index (χ2n) is 5.56. The highest BCUT2D eigenvalue weighted by molar-refractivity contribution is 5.78. The predicted molar refractivity (Wildman–Crippen MR) is 78.4 cm³/mol. The van der Waals surface area contributed by atoms with Crippen LogP contribution >= 0.6 is 0 Å². The maximum Gasteiger partial charge on any atom is 0.303 e. The Bertz CT molecular complexity index is 429. The van der Waals surface area contributed by atoms with Crippen LogP contribution in [-0.2, 0) is 16.0 Å². The normalized spacial score (nSPS) is 12.2. The van der Waals surface area contributed by atoms with Gasteiger partial charge in [0.1, 0.15) is 0 Å². The van der Waals surface area contributed by atoms with Crippen molar-refractivity contribution in [2.75, 3.05) is 6.54 Å². The van der Waals surface area contributed by atoms with Gasteiger partial charge < -0.3 is 10.4 Å². The van der Waals surface area contributed by atoms with Crippen LogP contribution in [0, 0.1) is 11.8 Å². The van der Waals surface area contributed by atoms with Crippen LogP contribution in [0.3, 0.4) is 0 Å². The number of amides is 1. The summed E-state index contributed by atoms with van der Waals surface area (Å²) < 4.78 is 0. The van der Waals surface area contributed by atoms with E-state index in [2.05, 4.69) is 19.2 Å². The van der Waals surface area contributed by atoms with E-state index in [1.807, 2.05) is 30.3 Å². The summed E-state index contributed by atoms with van der Waals surface area (Å²) in [6.45, 7) is 4.54. The van der Waals surface area contributed by atoms with E-state index < -0.39 is 5.97 Å². The van der Waals surface area contributed by atoms with Crippen LogP contribution in [0.1, 0.15) is 32.3 Å². The first-order valence-electron chi connectivity index (χ1n) is 6.99. The molecule has 1 atom stereocenters. The first-order chi connectivity index (χ1) is 9.47. The highest BCUT2D eigenvalue weighted by Gasteiger charge is 2.16. The molecule has 20 heavy (non-hydrogen) atoms. The standard InChI is InChI=1S/C16H23NO3/c1-12(2)8-14(10-16(19)20)11-17-15(18)9-13-6-4-3-5-7-13/h3-7,12,14H,8-11H2,1-2H3,(H,17,18)(H,19,20)/t14-/m0/s1. The molecule has 0 spiro atoms. The predicted octanol–water partition coefficient (Wildman–Crippen LogP) is 2.48. The Kier molecular flexibility index (Phi) is 6.77. The summed E-state index contributed by atoms with van der Waals surface area (Å²) in [7, 11) is 0. The molecule has 4 nitrogen and oxygen atoms in total. The minimum absolute atomic E-state index is 0.00720. The zero-order valence-corrected chi connectivity index (χ0v) is 12.1. The molecule has 0 saturated carbocycles. The molecule has 4 heteroatoms. The lowest BCUT2D eigenvalue weighted by atomic mass is 9.94. The monoisotopic (exact) mass is 277 g/mol. The number of benzene rings is 1. The summed E-state index contributed by atoms with van der Waals surface area (Å²) in [6, 6.07) is 9.51. The molecule has 0 aliphatic carbocycles. The molecule has 1 aromatic rings. The van der Waals surface area contributed by atoms with Crippen molar-refractivity contribution in [3.63, 3.8) is 0 Å². The minimum Gasteiger partial charge on any atom is -0.481 e. The molecular formula is C16H23NO3. The van der Waals surface area contributed by atoms with E-state index in [-0.39, 0.29) is 18.2 Å². The Morgan fingerprint density at radius 2 is 1.85 bits per heavy atom. The van der Waals surface area contributed by atoms with Gasteiger partial charge in [-0.15, -0.1) is 0 Å². The fourth-order valence-corrected chi connectivity index (χ4v) is 2.25. The third-order valence-electron chi connectivity index (χ3n) is 3.06. The second kappa shape index (κ2) is 8.35. The number of carbonyl (C=O) groups is 2. The first-order valence-corrected chi connectivity index (χ1v) is 6.99. The lowest BCUT2D eigenvalue weighted by Crippen LogP contribution is -2.32. The third-order valence-corrected chi connectivity index (χ3v) is 3.06. The molecule has 1 amide bonds. The van der Waals surface area contributed by atoms with Crippen molar-refractivity contribution in [2.24, 2.45) is 11.8 Å². The molecule has 0 heterocycles. The maximum absolute atomic E-state index is 11.8. The highest BCUT2D eigenvalue weighted by atomic mass is 16.4. The SMILES string of the molecule is CC(C)C[C@H](CNC(=O)Cc1ccccc1)CC(=O)O. The van der Waals surface area contributed by atoms with Crippen molar-refractivity contribution in [3.8, 4) is 0 Å². The average molecular weight is 277 g/mol. The number of hydrogen-bond acceptors (Lipinski definition) is 2. The topological polar surface area (TPSA) is 66.4 Å². The molecule has 0 bridgehead atoms.